The summed E-state index contributed by atoms with van der Waals surface area (Å²) in [5.74, 6) is -0.627. The van der Waals surface area contributed by atoms with E-state index in [4.69, 9.17) is 9.90 Å². The van der Waals surface area contributed by atoms with Crippen LogP contribution in [0, 0.1) is 12.7 Å². The minimum Gasteiger partial charge on any atom is -0.483 e. The van der Waals surface area contributed by atoms with Crippen LogP contribution in [0.1, 0.15) is 53.6 Å². The number of alkyl halides is 3. The highest BCUT2D eigenvalue weighted by Crippen LogP contribution is 2.45. The van der Waals surface area contributed by atoms with Gasteiger partial charge in [-0.05, 0) is 72.9 Å². The molecule has 1 aliphatic rings. The smallest absolute Gasteiger partial charge is 0.449 e. The molecule has 0 radical (unpaired) electrons. The van der Waals surface area contributed by atoms with E-state index >= 15 is 0 Å². The van der Waals surface area contributed by atoms with Crippen LogP contribution in [0.2, 0.25) is 0 Å². The Bertz CT molecular complexity index is 1010. The van der Waals surface area contributed by atoms with Crippen LogP contribution in [0.4, 0.5) is 17.6 Å². The predicted molar refractivity (Wildman–Crippen MR) is 100 cm³/mol. The molecular weight excluding hydrogens is 388 g/mol. The summed E-state index contributed by atoms with van der Waals surface area (Å²) in [4.78, 5) is 14.3. The van der Waals surface area contributed by atoms with Crippen LogP contribution in [-0.4, -0.2) is 21.5 Å². The minimum absolute atomic E-state index is 0.190. The molecule has 1 aliphatic carbocycles. The summed E-state index contributed by atoms with van der Waals surface area (Å²) in [6, 6.07) is 10.4. The lowest BCUT2D eigenvalue weighted by Gasteiger charge is -2.15. The molecule has 1 saturated carbocycles. The summed E-state index contributed by atoms with van der Waals surface area (Å²) in [6.45, 7) is 1.55. The number of rotatable bonds is 2. The Kier molecular flexibility index (Phi) is 5.91. The summed E-state index contributed by atoms with van der Waals surface area (Å²) < 4.78 is 52.3. The molecule has 29 heavy (non-hydrogen) atoms. The van der Waals surface area contributed by atoms with Crippen LogP contribution in [0.25, 0.3) is 11.0 Å². The van der Waals surface area contributed by atoms with Crippen LogP contribution in [0.15, 0.2) is 36.4 Å². The maximum Gasteiger partial charge on any atom is 0.449 e. The van der Waals surface area contributed by atoms with Crippen molar-refractivity contribution in [1.82, 2.24) is 9.97 Å². The van der Waals surface area contributed by atoms with Crippen LogP contribution in [0.5, 0.6) is 0 Å². The SMILES string of the molecule is Cc1c(F)cccc1[C@H]1CCC(c2ccc3nc(C(F)(F)F)[nH]c3c2)C1.O=CO. The van der Waals surface area contributed by atoms with E-state index < -0.39 is 12.0 Å². The first-order valence-electron chi connectivity index (χ1n) is 9.14. The number of H-pyrrole nitrogens is 1. The van der Waals surface area contributed by atoms with E-state index in [-0.39, 0.29) is 24.1 Å². The van der Waals surface area contributed by atoms with E-state index in [1.807, 2.05) is 12.1 Å². The van der Waals surface area contributed by atoms with Crippen molar-refractivity contribution in [3.8, 4) is 0 Å². The standard InChI is InChI=1S/C20H18F4N2.CH2O2/c1-11-15(3-2-4-16(11)21)14-6-5-12(9-14)13-7-8-17-18(10-13)26-19(25-17)20(22,23)24;2-1-3/h2-4,7-8,10,12,14H,5-6,9H2,1H3,(H,25,26);1H,(H,2,3)/t12?,14-;/m0./s1. The van der Waals surface area contributed by atoms with E-state index in [1.165, 1.54) is 6.07 Å². The second-order valence-corrected chi connectivity index (χ2v) is 7.13. The lowest BCUT2D eigenvalue weighted by atomic mass is 9.90. The number of benzene rings is 2. The number of imidazole rings is 1. The van der Waals surface area contributed by atoms with Crippen molar-refractivity contribution in [3.63, 3.8) is 0 Å². The van der Waals surface area contributed by atoms with E-state index in [9.17, 15) is 17.6 Å². The van der Waals surface area contributed by atoms with Crippen molar-refractivity contribution in [1.29, 1.82) is 0 Å². The molecule has 2 N–H and O–H groups in total. The van der Waals surface area contributed by atoms with Crippen LogP contribution < -0.4 is 0 Å². The molecular formula is C21H20F4N2O2. The van der Waals surface area contributed by atoms with Crippen molar-refractivity contribution < 1.29 is 27.5 Å². The van der Waals surface area contributed by atoms with Crippen molar-refractivity contribution in [2.75, 3.05) is 0 Å². The molecule has 4 nitrogen and oxygen atoms in total. The number of fused-ring (bicyclic) bond motifs is 1. The van der Waals surface area contributed by atoms with Gasteiger partial charge in [0.05, 0.1) is 11.0 Å². The van der Waals surface area contributed by atoms with Crippen molar-refractivity contribution >= 4 is 17.5 Å². The highest BCUT2D eigenvalue weighted by Gasteiger charge is 2.35. The predicted octanol–water partition coefficient (Wildman–Crippen LogP) is 5.78. The first-order chi connectivity index (χ1) is 13.7. The number of nitrogens with one attached hydrogen (secondary N) is 1. The molecule has 4 rings (SSSR count). The third-order valence-electron chi connectivity index (χ3n) is 5.43. The number of halogens is 4. The molecule has 1 unspecified atom stereocenters. The van der Waals surface area contributed by atoms with Crippen molar-refractivity contribution in [3.05, 3.63) is 64.7 Å². The minimum atomic E-state index is -4.48. The highest BCUT2D eigenvalue weighted by molar-refractivity contribution is 5.76. The fourth-order valence-electron chi connectivity index (χ4n) is 4.05. The maximum absolute atomic E-state index is 13.8. The Morgan fingerprint density at radius 2 is 1.86 bits per heavy atom. The summed E-state index contributed by atoms with van der Waals surface area (Å²) in [6.07, 6.45) is -1.72. The number of carbonyl (C=O) groups is 1. The lowest BCUT2D eigenvalue weighted by Crippen LogP contribution is -2.06. The molecule has 3 aromatic rings. The van der Waals surface area contributed by atoms with E-state index in [2.05, 4.69) is 9.97 Å². The zero-order chi connectivity index (χ0) is 21.2. The van der Waals surface area contributed by atoms with Crippen LogP contribution in [0.3, 0.4) is 0 Å². The molecule has 154 valence electrons. The summed E-state index contributed by atoms with van der Waals surface area (Å²) in [7, 11) is 0. The molecule has 1 heterocycles. The number of aromatic nitrogens is 2. The van der Waals surface area contributed by atoms with E-state index in [0.717, 1.165) is 30.4 Å². The van der Waals surface area contributed by atoms with E-state index in [0.29, 0.717) is 16.6 Å². The van der Waals surface area contributed by atoms with Gasteiger partial charge >= 0.3 is 6.18 Å². The molecule has 1 aromatic heterocycles. The fraction of sp³-hybridized carbons (Fsp3) is 0.333. The maximum atomic E-state index is 13.8. The molecule has 0 amide bonds. The third-order valence-corrected chi connectivity index (χ3v) is 5.43. The Balaban J connectivity index is 0.000000755. The summed E-state index contributed by atoms with van der Waals surface area (Å²) >= 11 is 0. The Morgan fingerprint density at radius 3 is 2.55 bits per heavy atom. The van der Waals surface area contributed by atoms with Gasteiger partial charge in [-0.3, -0.25) is 4.79 Å². The van der Waals surface area contributed by atoms with Gasteiger partial charge in [-0.15, -0.1) is 0 Å². The first kappa shape index (κ1) is 20.8. The number of hydrogen-bond donors (Lipinski definition) is 2. The van der Waals surface area contributed by atoms with E-state index in [1.54, 1.807) is 25.1 Å². The average Bonchev–Trinajstić information content (AvgIpc) is 3.30. The van der Waals surface area contributed by atoms with Gasteiger partial charge in [-0.2, -0.15) is 13.2 Å². The van der Waals surface area contributed by atoms with Gasteiger partial charge in [0.25, 0.3) is 6.47 Å². The molecule has 2 atom stereocenters. The second-order valence-electron chi connectivity index (χ2n) is 7.13. The summed E-state index contributed by atoms with van der Waals surface area (Å²) in [5.41, 5.74) is 3.45. The third kappa shape index (κ3) is 4.41. The molecule has 0 bridgehead atoms. The van der Waals surface area contributed by atoms with Gasteiger partial charge in [0.1, 0.15) is 5.82 Å². The average molecular weight is 408 g/mol. The van der Waals surface area contributed by atoms with Gasteiger partial charge in [-0.1, -0.05) is 18.2 Å². The van der Waals surface area contributed by atoms with Crippen LogP contribution in [-0.2, 0) is 11.0 Å². The molecule has 0 aliphatic heterocycles. The number of hydrogen-bond acceptors (Lipinski definition) is 2. The van der Waals surface area contributed by atoms with Crippen molar-refractivity contribution in [2.24, 2.45) is 0 Å². The van der Waals surface area contributed by atoms with Gasteiger partial charge < -0.3 is 10.1 Å². The number of nitrogens with zero attached hydrogens (tertiary/aromatic N) is 1. The zero-order valence-corrected chi connectivity index (χ0v) is 15.6. The Labute approximate surface area is 164 Å². The quantitative estimate of drug-likeness (QED) is 0.417. The normalized spacial score (nSPS) is 19.1. The number of aromatic amines is 1. The molecule has 2 aromatic carbocycles. The molecule has 0 saturated heterocycles. The topological polar surface area (TPSA) is 66.0 Å². The van der Waals surface area contributed by atoms with Gasteiger partial charge in [-0.25, -0.2) is 9.37 Å². The fourth-order valence-corrected chi connectivity index (χ4v) is 4.05. The first-order valence-corrected chi connectivity index (χ1v) is 9.14. The number of carboxylic acid groups (broad SMARTS) is 1. The van der Waals surface area contributed by atoms with Gasteiger partial charge in [0, 0.05) is 0 Å². The monoisotopic (exact) mass is 408 g/mol. The van der Waals surface area contributed by atoms with Crippen LogP contribution >= 0.6 is 0 Å². The van der Waals surface area contributed by atoms with Crippen molar-refractivity contribution in [2.45, 2.75) is 44.2 Å². The molecule has 0 spiro atoms. The second kappa shape index (κ2) is 8.23. The van der Waals surface area contributed by atoms with Gasteiger partial charge in [0.15, 0.2) is 0 Å². The largest absolute Gasteiger partial charge is 0.483 e. The van der Waals surface area contributed by atoms with Gasteiger partial charge in [0.2, 0.25) is 5.82 Å². The zero-order valence-electron chi connectivity index (χ0n) is 15.6. The Morgan fingerprint density at radius 1 is 1.17 bits per heavy atom. The Hall–Kier alpha value is -2.90. The summed E-state index contributed by atoms with van der Waals surface area (Å²) in [5, 5.41) is 6.89. The lowest BCUT2D eigenvalue weighted by molar-refractivity contribution is -0.144. The molecule has 1 fully saturated rings. The highest BCUT2D eigenvalue weighted by atomic mass is 19.4. The molecule has 8 heteroatoms.